The van der Waals surface area contributed by atoms with Gasteiger partial charge in [0.15, 0.2) is 5.76 Å². The molecule has 6 heteroatoms. The summed E-state index contributed by atoms with van der Waals surface area (Å²) in [4.78, 5) is 0.848. The van der Waals surface area contributed by atoms with Gasteiger partial charge in [0.2, 0.25) is 10.8 Å². The standard InChI is InChI=1S/C17H16N4OS/c1-2-6-11(7-3-1)16-20-21-15(18-19-17(21)23-16)14-10-12-8-4-5-9-13(12)22-14/h4-5,8-11H,1-3,6-7H2. The topological polar surface area (TPSA) is 56.2 Å². The van der Waals surface area contributed by atoms with Gasteiger partial charge < -0.3 is 4.42 Å². The van der Waals surface area contributed by atoms with Crippen LogP contribution in [0.15, 0.2) is 34.7 Å². The predicted molar refractivity (Wildman–Crippen MR) is 89.7 cm³/mol. The van der Waals surface area contributed by atoms with E-state index in [0.29, 0.717) is 11.7 Å². The van der Waals surface area contributed by atoms with Crippen molar-refractivity contribution in [2.45, 2.75) is 38.0 Å². The molecule has 1 aliphatic rings. The quantitative estimate of drug-likeness (QED) is 0.539. The lowest BCUT2D eigenvalue weighted by Crippen LogP contribution is -2.04. The maximum atomic E-state index is 5.92. The molecule has 1 aromatic carbocycles. The van der Waals surface area contributed by atoms with Crippen molar-refractivity contribution in [3.05, 3.63) is 35.3 Å². The molecule has 1 saturated carbocycles. The van der Waals surface area contributed by atoms with Crippen LogP contribution in [0.1, 0.15) is 43.0 Å². The molecule has 0 N–H and O–H groups in total. The van der Waals surface area contributed by atoms with E-state index in [1.54, 1.807) is 11.3 Å². The highest BCUT2D eigenvalue weighted by molar-refractivity contribution is 7.16. The van der Waals surface area contributed by atoms with Gasteiger partial charge in [0.25, 0.3) is 0 Å². The normalized spacial score (nSPS) is 16.5. The Morgan fingerprint density at radius 1 is 1.09 bits per heavy atom. The Balaban J connectivity index is 1.59. The van der Waals surface area contributed by atoms with E-state index in [0.717, 1.165) is 21.7 Å². The molecule has 1 aliphatic carbocycles. The average Bonchev–Trinajstić information content (AvgIpc) is 3.28. The number of para-hydroxylation sites is 1. The summed E-state index contributed by atoms with van der Waals surface area (Å²) in [5, 5.41) is 15.6. The Morgan fingerprint density at radius 3 is 2.83 bits per heavy atom. The van der Waals surface area contributed by atoms with Gasteiger partial charge in [-0.15, -0.1) is 10.2 Å². The molecule has 0 aliphatic heterocycles. The molecule has 23 heavy (non-hydrogen) atoms. The van der Waals surface area contributed by atoms with Crippen molar-refractivity contribution in [1.82, 2.24) is 19.8 Å². The zero-order valence-corrected chi connectivity index (χ0v) is 13.4. The second-order valence-corrected chi connectivity index (χ2v) is 7.13. The molecule has 0 spiro atoms. The first-order valence-electron chi connectivity index (χ1n) is 8.09. The van der Waals surface area contributed by atoms with Crippen LogP contribution in [0, 0.1) is 0 Å². The summed E-state index contributed by atoms with van der Waals surface area (Å²) in [6.45, 7) is 0. The van der Waals surface area contributed by atoms with Gasteiger partial charge >= 0.3 is 0 Å². The van der Waals surface area contributed by atoms with Gasteiger partial charge in [0, 0.05) is 11.3 Å². The summed E-state index contributed by atoms with van der Waals surface area (Å²) in [7, 11) is 0. The molecule has 0 radical (unpaired) electrons. The van der Waals surface area contributed by atoms with Crippen molar-refractivity contribution in [3.8, 4) is 11.6 Å². The van der Waals surface area contributed by atoms with E-state index in [1.165, 1.54) is 37.1 Å². The Labute approximate surface area is 137 Å². The molecule has 0 saturated heterocycles. The third-order valence-electron chi connectivity index (χ3n) is 4.61. The van der Waals surface area contributed by atoms with Crippen LogP contribution in [0.4, 0.5) is 0 Å². The minimum atomic E-state index is 0.582. The largest absolute Gasteiger partial charge is 0.453 e. The van der Waals surface area contributed by atoms with Gasteiger partial charge in [-0.25, -0.2) is 0 Å². The van der Waals surface area contributed by atoms with Gasteiger partial charge in [-0.1, -0.05) is 48.8 Å². The minimum Gasteiger partial charge on any atom is -0.453 e. The van der Waals surface area contributed by atoms with E-state index in [2.05, 4.69) is 10.2 Å². The van der Waals surface area contributed by atoms with Crippen LogP contribution in [-0.2, 0) is 0 Å². The second-order valence-electron chi connectivity index (χ2n) is 6.14. The van der Waals surface area contributed by atoms with Gasteiger partial charge in [-0.05, 0) is 25.0 Å². The van der Waals surface area contributed by atoms with Gasteiger partial charge in [-0.2, -0.15) is 9.61 Å². The van der Waals surface area contributed by atoms with E-state index in [1.807, 2.05) is 34.8 Å². The van der Waals surface area contributed by atoms with Crippen LogP contribution >= 0.6 is 11.3 Å². The van der Waals surface area contributed by atoms with Crippen LogP contribution in [0.2, 0.25) is 0 Å². The number of nitrogens with zero attached hydrogens (tertiary/aromatic N) is 4. The highest BCUT2D eigenvalue weighted by Gasteiger charge is 2.22. The number of furan rings is 1. The molecule has 5 nitrogen and oxygen atoms in total. The Hall–Kier alpha value is -2.21. The number of rotatable bonds is 2. The molecule has 0 atom stereocenters. The summed E-state index contributed by atoms with van der Waals surface area (Å²) >= 11 is 1.66. The molecule has 3 heterocycles. The predicted octanol–water partition coefficient (Wildman–Crippen LogP) is 4.65. The van der Waals surface area contributed by atoms with E-state index in [4.69, 9.17) is 9.52 Å². The lowest BCUT2D eigenvalue weighted by Gasteiger charge is -2.18. The molecule has 0 amide bonds. The monoisotopic (exact) mass is 324 g/mol. The van der Waals surface area contributed by atoms with Crippen LogP contribution in [0.5, 0.6) is 0 Å². The van der Waals surface area contributed by atoms with E-state index >= 15 is 0 Å². The zero-order chi connectivity index (χ0) is 15.2. The third kappa shape index (κ3) is 2.16. The van der Waals surface area contributed by atoms with Crippen molar-refractivity contribution < 1.29 is 4.42 Å². The fourth-order valence-electron chi connectivity index (χ4n) is 3.39. The van der Waals surface area contributed by atoms with Crippen LogP contribution in [-0.4, -0.2) is 19.8 Å². The highest BCUT2D eigenvalue weighted by Crippen LogP contribution is 2.36. The molecule has 5 rings (SSSR count). The summed E-state index contributed by atoms with van der Waals surface area (Å²) < 4.78 is 7.76. The molecule has 0 unspecified atom stereocenters. The summed E-state index contributed by atoms with van der Waals surface area (Å²) in [5.74, 6) is 1.99. The first kappa shape index (κ1) is 13.2. The number of hydrogen-bond acceptors (Lipinski definition) is 5. The van der Waals surface area contributed by atoms with Gasteiger partial charge in [0.05, 0.1) is 0 Å². The molecule has 0 bridgehead atoms. The van der Waals surface area contributed by atoms with E-state index in [-0.39, 0.29) is 0 Å². The van der Waals surface area contributed by atoms with Crippen molar-refractivity contribution in [2.75, 3.05) is 0 Å². The molecule has 1 fully saturated rings. The summed E-state index contributed by atoms with van der Waals surface area (Å²) in [5.41, 5.74) is 0.863. The average molecular weight is 324 g/mol. The Kier molecular flexibility index (Phi) is 2.97. The van der Waals surface area contributed by atoms with Crippen LogP contribution < -0.4 is 0 Å². The molecular weight excluding hydrogens is 308 g/mol. The van der Waals surface area contributed by atoms with E-state index < -0.39 is 0 Å². The molecule has 116 valence electrons. The minimum absolute atomic E-state index is 0.582. The zero-order valence-electron chi connectivity index (χ0n) is 12.6. The van der Waals surface area contributed by atoms with Gasteiger partial charge in [-0.3, -0.25) is 0 Å². The molecule has 4 aromatic rings. The van der Waals surface area contributed by atoms with E-state index in [9.17, 15) is 0 Å². The van der Waals surface area contributed by atoms with Crippen molar-refractivity contribution in [3.63, 3.8) is 0 Å². The number of benzene rings is 1. The number of fused-ring (bicyclic) bond motifs is 2. The van der Waals surface area contributed by atoms with Gasteiger partial charge in [0.1, 0.15) is 10.6 Å². The molecule has 3 aromatic heterocycles. The second kappa shape index (κ2) is 5.16. The Morgan fingerprint density at radius 2 is 1.96 bits per heavy atom. The van der Waals surface area contributed by atoms with Crippen LogP contribution in [0.3, 0.4) is 0 Å². The third-order valence-corrected chi connectivity index (χ3v) is 5.67. The van der Waals surface area contributed by atoms with Crippen molar-refractivity contribution in [2.24, 2.45) is 0 Å². The Bertz CT molecular complexity index is 944. The van der Waals surface area contributed by atoms with Crippen LogP contribution in [0.25, 0.3) is 27.5 Å². The summed E-state index contributed by atoms with van der Waals surface area (Å²) in [6, 6.07) is 9.98. The first-order valence-corrected chi connectivity index (χ1v) is 8.91. The first-order chi connectivity index (χ1) is 11.4. The maximum absolute atomic E-state index is 5.92. The fraction of sp³-hybridized carbons (Fsp3) is 0.353. The summed E-state index contributed by atoms with van der Waals surface area (Å²) in [6.07, 6.45) is 6.45. The van der Waals surface area contributed by atoms with Crippen molar-refractivity contribution in [1.29, 1.82) is 0 Å². The SMILES string of the molecule is c1ccc2oc(-c3nnc4sc(C5CCCCC5)nn34)cc2c1. The highest BCUT2D eigenvalue weighted by atomic mass is 32.1. The smallest absolute Gasteiger partial charge is 0.235 e. The lowest BCUT2D eigenvalue weighted by molar-refractivity contribution is 0.439. The fourth-order valence-corrected chi connectivity index (χ4v) is 4.40. The molecular formula is C17H16N4OS. The number of hydrogen-bond donors (Lipinski definition) is 0. The van der Waals surface area contributed by atoms with Crippen molar-refractivity contribution >= 4 is 27.3 Å². The lowest BCUT2D eigenvalue weighted by atomic mass is 9.90. The maximum Gasteiger partial charge on any atom is 0.235 e. The number of aromatic nitrogens is 4.